The van der Waals surface area contributed by atoms with Crippen LogP contribution in [-0.4, -0.2) is 26.5 Å². The molecule has 5 nitrogen and oxygen atoms in total. The Morgan fingerprint density at radius 3 is 3.17 bits per heavy atom. The van der Waals surface area contributed by atoms with Gasteiger partial charge in [-0.1, -0.05) is 0 Å². The number of fused-ring (bicyclic) bond motifs is 1. The van der Waals surface area contributed by atoms with E-state index in [1.807, 2.05) is 18.5 Å². The number of rotatable bonds is 5. The van der Waals surface area contributed by atoms with E-state index >= 15 is 0 Å². The molecule has 92 valence electrons. The van der Waals surface area contributed by atoms with Crippen molar-refractivity contribution in [1.82, 2.24) is 25.3 Å². The maximum absolute atomic E-state index is 4.27. The number of hydrogen-bond donors (Lipinski definition) is 3. The second kappa shape index (κ2) is 5.01. The van der Waals surface area contributed by atoms with Gasteiger partial charge in [-0.05, 0) is 17.7 Å². The van der Waals surface area contributed by atoms with E-state index in [4.69, 9.17) is 0 Å². The summed E-state index contributed by atoms with van der Waals surface area (Å²) < 4.78 is 0. The normalized spacial score (nSPS) is 11.1. The highest BCUT2D eigenvalue weighted by molar-refractivity contribution is 5.79. The van der Waals surface area contributed by atoms with Crippen LogP contribution in [0.5, 0.6) is 0 Å². The molecular formula is C13H15N5. The molecular weight excluding hydrogens is 226 g/mol. The van der Waals surface area contributed by atoms with Gasteiger partial charge >= 0.3 is 0 Å². The number of nitrogens with one attached hydrogen (secondary N) is 3. The predicted molar refractivity (Wildman–Crippen MR) is 70.1 cm³/mol. The van der Waals surface area contributed by atoms with Crippen LogP contribution in [0.25, 0.3) is 11.0 Å². The summed E-state index contributed by atoms with van der Waals surface area (Å²) in [7, 11) is 0. The monoisotopic (exact) mass is 241 g/mol. The van der Waals surface area contributed by atoms with Crippen molar-refractivity contribution in [2.75, 3.05) is 6.54 Å². The highest BCUT2D eigenvalue weighted by atomic mass is 14.9. The lowest BCUT2D eigenvalue weighted by molar-refractivity contribution is 0.684. The fourth-order valence-corrected chi connectivity index (χ4v) is 2.03. The fourth-order valence-electron chi connectivity index (χ4n) is 2.03. The van der Waals surface area contributed by atoms with Crippen molar-refractivity contribution in [3.8, 4) is 0 Å². The number of aromatic amines is 2. The third kappa shape index (κ3) is 2.26. The topological polar surface area (TPSA) is 69.4 Å². The predicted octanol–water partition coefficient (Wildman–Crippen LogP) is 1.62. The van der Waals surface area contributed by atoms with E-state index in [1.165, 1.54) is 10.9 Å². The van der Waals surface area contributed by atoms with Crippen molar-refractivity contribution >= 4 is 11.0 Å². The third-order valence-electron chi connectivity index (χ3n) is 2.98. The Bertz CT molecular complexity index is 611. The number of nitrogens with zero attached hydrogens (tertiary/aromatic N) is 2. The molecule has 5 heteroatoms. The number of aromatic nitrogens is 4. The largest absolute Gasteiger partial charge is 0.348 e. The molecule has 3 rings (SSSR count). The Labute approximate surface area is 105 Å². The van der Waals surface area contributed by atoms with E-state index in [0.717, 1.165) is 30.9 Å². The van der Waals surface area contributed by atoms with Gasteiger partial charge in [-0.15, -0.1) is 0 Å². The van der Waals surface area contributed by atoms with E-state index in [9.17, 15) is 0 Å². The van der Waals surface area contributed by atoms with E-state index < -0.39 is 0 Å². The summed E-state index contributed by atoms with van der Waals surface area (Å²) in [5.74, 6) is 0. The van der Waals surface area contributed by atoms with Crippen LogP contribution in [0.1, 0.15) is 11.3 Å². The molecule has 0 aliphatic carbocycles. The molecule has 0 saturated carbocycles. The molecule has 0 aliphatic heterocycles. The van der Waals surface area contributed by atoms with Crippen LogP contribution < -0.4 is 5.32 Å². The smallest absolute Gasteiger partial charge is 0.137 e. The van der Waals surface area contributed by atoms with Gasteiger partial charge in [0.15, 0.2) is 0 Å². The standard InChI is InChI=1S/C13H15N5/c1-2-12-10(7-17-13(12)16-4-1)6-14-5-3-11-8-15-9-18-11/h1-2,4,7-9,14H,3,5-6H2,(H,15,18)(H,16,17). The zero-order chi connectivity index (χ0) is 12.2. The van der Waals surface area contributed by atoms with Gasteiger partial charge in [-0.25, -0.2) is 9.97 Å². The summed E-state index contributed by atoms with van der Waals surface area (Å²) in [6.07, 6.45) is 8.34. The van der Waals surface area contributed by atoms with Crippen LogP contribution in [0.2, 0.25) is 0 Å². The Hall–Kier alpha value is -2.14. The molecule has 0 radical (unpaired) electrons. The summed E-state index contributed by atoms with van der Waals surface area (Å²) in [5, 5.41) is 4.61. The van der Waals surface area contributed by atoms with Crippen molar-refractivity contribution < 1.29 is 0 Å². The van der Waals surface area contributed by atoms with Crippen molar-refractivity contribution in [2.24, 2.45) is 0 Å². The lowest BCUT2D eigenvalue weighted by Crippen LogP contribution is -2.16. The van der Waals surface area contributed by atoms with Gasteiger partial charge < -0.3 is 15.3 Å². The number of H-pyrrole nitrogens is 2. The zero-order valence-corrected chi connectivity index (χ0v) is 9.98. The Morgan fingerprint density at radius 1 is 1.28 bits per heavy atom. The molecule has 3 N–H and O–H groups in total. The molecule has 0 aromatic carbocycles. The molecule has 0 unspecified atom stereocenters. The van der Waals surface area contributed by atoms with Crippen LogP contribution in [0.15, 0.2) is 37.1 Å². The fraction of sp³-hybridized carbons (Fsp3) is 0.231. The molecule has 3 aromatic heterocycles. The van der Waals surface area contributed by atoms with Gasteiger partial charge in [0, 0.05) is 49.2 Å². The van der Waals surface area contributed by atoms with Gasteiger partial charge in [0.1, 0.15) is 5.65 Å². The van der Waals surface area contributed by atoms with Gasteiger partial charge in [-0.3, -0.25) is 0 Å². The molecule has 0 atom stereocenters. The van der Waals surface area contributed by atoms with Gasteiger partial charge in [0.05, 0.1) is 6.33 Å². The van der Waals surface area contributed by atoms with Crippen LogP contribution in [0.3, 0.4) is 0 Å². The number of pyridine rings is 1. The van der Waals surface area contributed by atoms with Crippen LogP contribution in [0, 0.1) is 0 Å². The average molecular weight is 241 g/mol. The first kappa shape index (κ1) is 11.0. The maximum atomic E-state index is 4.27. The summed E-state index contributed by atoms with van der Waals surface area (Å²) in [5.41, 5.74) is 3.36. The van der Waals surface area contributed by atoms with Gasteiger partial charge in [0.25, 0.3) is 0 Å². The second-order valence-corrected chi connectivity index (χ2v) is 4.22. The van der Waals surface area contributed by atoms with E-state index in [2.05, 4.69) is 31.3 Å². The maximum Gasteiger partial charge on any atom is 0.137 e. The minimum Gasteiger partial charge on any atom is -0.348 e. The molecule has 0 amide bonds. The minimum absolute atomic E-state index is 0.847. The lowest BCUT2D eigenvalue weighted by Gasteiger charge is -2.02. The lowest BCUT2D eigenvalue weighted by atomic mass is 10.2. The molecule has 0 aliphatic rings. The quantitative estimate of drug-likeness (QED) is 0.594. The Morgan fingerprint density at radius 2 is 2.28 bits per heavy atom. The summed E-state index contributed by atoms with van der Waals surface area (Å²) in [4.78, 5) is 14.5. The van der Waals surface area contributed by atoms with Crippen LogP contribution in [-0.2, 0) is 13.0 Å². The minimum atomic E-state index is 0.847. The van der Waals surface area contributed by atoms with Crippen molar-refractivity contribution in [2.45, 2.75) is 13.0 Å². The van der Waals surface area contributed by atoms with Crippen LogP contribution >= 0.6 is 0 Å². The van der Waals surface area contributed by atoms with Gasteiger partial charge in [0.2, 0.25) is 0 Å². The first-order valence-electron chi connectivity index (χ1n) is 6.02. The van der Waals surface area contributed by atoms with Crippen molar-refractivity contribution in [3.63, 3.8) is 0 Å². The van der Waals surface area contributed by atoms with E-state index in [-0.39, 0.29) is 0 Å². The molecule has 0 bridgehead atoms. The molecule has 3 aromatic rings. The van der Waals surface area contributed by atoms with Crippen molar-refractivity contribution in [3.05, 3.63) is 48.3 Å². The highest BCUT2D eigenvalue weighted by Gasteiger charge is 2.02. The first-order chi connectivity index (χ1) is 8.93. The Kier molecular flexibility index (Phi) is 3.06. The molecule has 0 fully saturated rings. The summed E-state index contributed by atoms with van der Waals surface area (Å²) in [6.45, 7) is 1.77. The third-order valence-corrected chi connectivity index (χ3v) is 2.98. The number of imidazole rings is 1. The molecule has 3 heterocycles. The van der Waals surface area contributed by atoms with E-state index in [1.54, 1.807) is 12.5 Å². The summed E-state index contributed by atoms with van der Waals surface area (Å²) >= 11 is 0. The average Bonchev–Trinajstić information content (AvgIpc) is 3.04. The SMILES string of the molecule is c1cnc2[nH]cc(CNCCc3cnc[nH]3)c2c1. The zero-order valence-electron chi connectivity index (χ0n) is 9.98. The highest BCUT2D eigenvalue weighted by Crippen LogP contribution is 2.14. The molecule has 0 saturated heterocycles. The number of hydrogen-bond acceptors (Lipinski definition) is 3. The first-order valence-corrected chi connectivity index (χ1v) is 6.02. The molecule has 18 heavy (non-hydrogen) atoms. The second-order valence-electron chi connectivity index (χ2n) is 4.22. The van der Waals surface area contributed by atoms with Crippen molar-refractivity contribution in [1.29, 1.82) is 0 Å². The molecule has 0 spiro atoms. The van der Waals surface area contributed by atoms with E-state index in [0.29, 0.717) is 0 Å². The van der Waals surface area contributed by atoms with Gasteiger partial charge in [-0.2, -0.15) is 0 Å². The Balaban J connectivity index is 1.57. The summed E-state index contributed by atoms with van der Waals surface area (Å²) in [6, 6.07) is 4.05. The van der Waals surface area contributed by atoms with Crippen LogP contribution in [0.4, 0.5) is 0 Å².